The lowest BCUT2D eigenvalue weighted by molar-refractivity contribution is -0.145. The van der Waals surface area contributed by atoms with Gasteiger partial charge in [0.05, 0.1) is 43.0 Å². The minimum absolute atomic E-state index is 0.0354. The second-order valence-electron chi connectivity index (χ2n) is 30.6. The molecule has 0 radical (unpaired) electrons. The molecule has 4 saturated carbocycles. The number of carboxylic acids is 1. The van der Waals surface area contributed by atoms with E-state index in [0.717, 1.165) is 76.5 Å². The van der Waals surface area contributed by atoms with E-state index in [-0.39, 0.29) is 38.3 Å². The first kappa shape index (κ1) is 76.2. The van der Waals surface area contributed by atoms with Crippen molar-refractivity contribution >= 4 is 111 Å². The van der Waals surface area contributed by atoms with Crippen LogP contribution in [0.1, 0.15) is 182 Å². The van der Waals surface area contributed by atoms with Crippen LogP contribution in [-0.4, -0.2) is 171 Å². The van der Waals surface area contributed by atoms with E-state index >= 15 is 0 Å². The predicted molar refractivity (Wildman–Crippen MR) is 380 cm³/mol. The number of nitrogens with one attached hydrogen (secondary N) is 5. The highest BCUT2D eigenvalue weighted by Gasteiger charge is 2.64. The molecule has 4 aliphatic carbocycles. The van der Waals surface area contributed by atoms with Gasteiger partial charge < -0.3 is 55.1 Å². The molecule has 2 aromatic carbocycles. The van der Waals surface area contributed by atoms with Crippen LogP contribution < -0.4 is 40.6 Å². The molecule has 8 N–H and O–H groups in total. The van der Waals surface area contributed by atoms with Gasteiger partial charge >= 0.3 is 18.2 Å². The Balaban J connectivity index is 0.000000197. The van der Waals surface area contributed by atoms with Crippen molar-refractivity contribution in [3.63, 3.8) is 0 Å². The van der Waals surface area contributed by atoms with Crippen molar-refractivity contribution in [3.05, 3.63) is 71.8 Å². The third-order valence-electron chi connectivity index (χ3n) is 19.7. The lowest BCUT2D eigenvalue weighted by atomic mass is 10.0. The number of rotatable bonds is 11. The molecule has 31 heteroatoms. The van der Waals surface area contributed by atoms with Crippen LogP contribution in [0.3, 0.4) is 0 Å². The Bertz CT molecular complexity index is 4140. The van der Waals surface area contributed by atoms with Gasteiger partial charge in [0.15, 0.2) is 0 Å². The molecular formula is C70H96N10O17S4. The molecule has 552 valence electrons. The second kappa shape index (κ2) is 29.7. The van der Waals surface area contributed by atoms with Crippen molar-refractivity contribution in [2.45, 2.75) is 253 Å². The Morgan fingerprint density at radius 2 is 1.04 bits per heavy atom. The van der Waals surface area contributed by atoms with E-state index in [4.69, 9.17) is 24.1 Å². The maximum absolute atomic E-state index is 14.3. The maximum Gasteiger partial charge on any atom is 0.408 e. The van der Waals surface area contributed by atoms with E-state index in [0.29, 0.717) is 61.8 Å². The first-order valence-corrected chi connectivity index (χ1v) is 39.4. The Morgan fingerprint density at radius 3 is 1.44 bits per heavy atom. The largest absolute Gasteiger partial charge is 0.479 e. The molecule has 101 heavy (non-hydrogen) atoms. The van der Waals surface area contributed by atoms with E-state index in [1.54, 1.807) is 55.4 Å². The van der Waals surface area contributed by atoms with Crippen LogP contribution in [0.4, 0.5) is 9.59 Å². The SMILES string of the molecule is CC1(S(N)(=O)=O)CC1.Cc1ccc2nc(O[C@@H]3C[C@H]4C(=O)N[C@]5(C(=O)NS(=O)(=O)C6(C)CC6)C[C@H]5/C=C\CCCCC[C@H](NC(=O)OC(C)(C)C)C(=O)N4C3)sc2c1.Cc1ccc2nc(O[C@@H]3C[C@H]4C(=O)N[C@]5(C(=O)O)C[C@H]5/C=C\CCCCC[C@H](NC(=O)OC(C)(C)C)C(=O)N4C3)sc2c1. The molecule has 0 spiro atoms. The molecule has 0 bridgehead atoms. The van der Waals surface area contributed by atoms with Crippen LogP contribution in [0.15, 0.2) is 60.7 Å². The lowest BCUT2D eigenvalue weighted by Gasteiger charge is -2.30. The topological polar surface area (TPSA) is 380 Å². The van der Waals surface area contributed by atoms with Crippen LogP contribution in [-0.2, 0) is 58.3 Å². The molecule has 2 aromatic heterocycles. The van der Waals surface area contributed by atoms with Gasteiger partial charge in [0.25, 0.3) is 16.3 Å². The molecular weight excluding hydrogens is 1380 g/mol. The summed E-state index contributed by atoms with van der Waals surface area (Å²) >= 11 is 2.76. The highest BCUT2D eigenvalue weighted by atomic mass is 32.2. The summed E-state index contributed by atoms with van der Waals surface area (Å²) < 4.78 is 73.1. The van der Waals surface area contributed by atoms with Gasteiger partial charge in [-0.15, -0.1) is 0 Å². The van der Waals surface area contributed by atoms with Gasteiger partial charge in [-0.25, -0.2) is 46.3 Å². The first-order chi connectivity index (χ1) is 47.3. The summed E-state index contributed by atoms with van der Waals surface area (Å²) in [5, 5.41) is 26.8. The number of allylic oxidation sites excluding steroid dienone is 2. The Morgan fingerprint density at radius 1 is 0.624 bits per heavy atom. The number of nitrogens with zero attached hydrogens (tertiary/aromatic N) is 4. The molecule has 27 nitrogen and oxygen atoms in total. The predicted octanol–water partition coefficient (Wildman–Crippen LogP) is 8.39. The van der Waals surface area contributed by atoms with Gasteiger partial charge in [0, 0.05) is 24.7 Å². The molecule has 8 aliphatic rings. The van der Waals surface area contributed by atoms with E-state index < -0.39 is 142 Å². The van der Waals surface area contributed by atoms with Crippen LogP contribution in [0.25, 0.3) is 20.4 Å². The summed E-state index contributed by atoms with van der Waals surface area (Å²) in [7, 11) is -7.19. The highest BCUT2D eigenvalue weighted by molar-refractivity contribution is 7.91. The number of sulfonamides is 2. The average Bonchev–Trinajstić information content (AvgIpc) is 1.57. The molecule has 4 aromatic rings. The summed E-state index contributed by atoms with van der Waals surface area (Å²) in [6, 6.07) is 7.85. The first-order valence-electron chi connectivity index (χ1n) is 34.8. The lowest BCUT2D eigenvalue weighted by Crippen LogP contribution is -2.58. The van der Waals surface area contributed by atoms with Crippen molar-refractivity contribution in [2.75, 3.05) is 13.1 Å². The molecule has 7 amide bonds. The molecule has 4 aliphatic heterocycles. The van der Waals surface area contributed by atoms with Crippen molar-refractivity contribution in [1.29, 1.82) is 0 Å². The average molecular weight is 1480 g/mol. The number of thiazole rings is 2. The molecule has 6 heterocycles. The second-order valence-corrected chi connectivity index (χ2v) is 36.9. The van der Waals surface area contributed by atoms with Crippen LogP contribution in [0.5, 0.6) is 10.4 Å². The number of hydrogen-bond donors (Lipinski definition) is 7. The van der Waals surface area contributed by atoms with Crippen molar-refractivity contribution in [3.8, 4) is 10.4 Å². The number of primary sulfonamides is 1. The summed E-state index contributed by atoms with van der Waals surface area (Å²) in [5.74, 6) is -4.66. The smallest absolute Gasteiger partial charge is 0.408 e. The minimum atomic E-state index is -3.96. The van der Waals surface area contributed by atoms with Crippen LogP contribution in [0.2, 0.25) is 0 Å². The molecule has 12 rings (SSSR count). The number of aliphatic carboxylic acids is 1. The number of aryl methyl sites for hydroxylation is 2. The molecule has 0 unspecified atom stereocenters. The Labute approximate surface area is 597 Å². The number of amides is 7. The number of carboxylic acid groups (broad SMARTS) is 1. The van der Waals surface area contributed by atoms with Crippen molar-refractivity contribution in [1.82, 2.24) is 45.8 Å². The number of aromatic nitrogens is 2. The van der Waals surface area contributed by atoms with E-state index in [1.165, 1.54) is 32.5 Å². The number of carbonyl (C=O) groups is 8. The van der Waals surface area contributed by atoms with Crippen LogP contribution in [0, 0.1) is 25.7 Å². The number of ether oxygens (including phenoxy) is 4. The van der Waals surface area contributed by atoms with E-state index in [9.17, 15) is 60.3 Å². The number of hydrogen-bond acceptors (Lipinski definition) is 20. The van der Waals surface area contributed by atoms with Gasteiger partial charge in [-0.1, -0.05) is 84.8 Å². The monoisotopic (exact) mass is 1480 g/mol. The van der Waals surface area contributed by atoms with E-state index in [2.05, 4.69) is 36.0 Å². The van der Waals surface area contributed by atoms with Crippen LogP contribution >= 0.6 is 22.7 Å². The van der Waals surface area contributed by atoms with Crippen molar-refractivity contribution in [2.24, 2.45) is 17.0 Å². The number of carbonyl (C=O) groups excluding carboxylic acids is 7. The number of alkyl carbamates (subject to hydrolysis) is 2. The summed E-state index contributed by atoms with van der Waals surface area (Å²) in [6.45, 7) is 17.8. The van der Waals surface area contributed by atoms with Gasteiger partial charge in [-0.3, -0.25) is 28.7 Å². The number of benzene rings is 2. The third kappa shape index (κ3) is 18.7. The fraction of sp³-hybridized carbons (Fsp3) is 0.629. The normalized spacial score (nSPS) is 28.7. The summed E-state index contributed by atoms with van der Waals surface area (Å²) in [6.07, 6.45) is 14.9. The zero-order chi connectivity index (χ0) is 73.4. The zero-order valence-electron chi connectivity index (χ0n) is 59.0. The summed E-state index contributed by atoms with van der Waals surface area (Å²) in [4.78, 5) is 120. The molecule has 2 saturated heterocycles. The number of nitrogens with two attached hydrogens (primary N) is 1. The zero-order valence-corrected chi connectivity index (χ0v) is 62.3. The van der Waals surface area contributed by atoms with Gasteiger partial charge in [0.1, 0.15) is 58.7 Å². The van der Waals surface area contributed by atoms with Crippen molar-refractivity contribution < 1.29 is 79.2 Å². The fourth-order valence-electron chi connectivity index (χ4n) is 12.9. The van der Waals surface area contributed by atoms with Gasteiger partial charge in [0.2, 0.25) is 43.7 Å². The molecule has 6 fully saturated rings. The van der Waals surface area contributed by atoms with Gasteiger partial charge in [-0.05, 0) is 182 Å². The molecule has 10 atom stereocenters. The Hall–Kier alpha value is -7.48. The number of fused-ring (bicyclic) bond motifs is 6. The standard InChI is InChI=1S/C35H47N5O8S2.C31H40N4O7S.C4H9NO2S/c1-21-13-14-24-27(17-21)49-32(37-24)47-23-18-26-28(41)38-35(30(43)39-50(45,46)34(5)15-16-34)19-22(35)11-9-7-6-8-10-12-25(29(42)40(26)20-23)36-31(44)48-33(2,3)4;1-18-12-13-21-24(14-18)43-29(33-21)41-20-15-23-25(36)34-31(27(38)39)16-19(31)10-8-6-5-7-9-11-22(26(37)35(23)17-20)32-28(40)42-30(2,3)4;1-4(2-3-4)8(5,6)7/h9,11,13-14,17,22-23,25-26H,6-8,10,12,15-16,18-20H2,1-5H3,(H,36,44)(H,38,41)(H,39,43);8,10,12-14,19-20,22-23H,5-7,9,11,15-17H2,1-4H3,(H,32,40)(H,34,36)(H,38,39);2-3H2,1H3,(H2,5,6,7)/b11-9-;10-8-;/t22-,23-,25+,26+,35-;19-,20-,22+,23+,31-;/m11./s1. The minimum Gasteiger partial charge on any atom is -0.479 e. The highest BCUT2D eigenvalue weighted by Crippen LogP contribution is 2.49. The summed E-state index contributed by atoms with van der Waals surface area (Å²) in [5.41, 5.74) is -0.685. The fourth-order valence-corrected chi connectivity index (χ4v) is 16.8. The maximum atomic E-state index is 14.3. The van der Waals surface area contributed by atoms with E-state index in [1.807, 2.05) is 74.5 Å². The quantitative estimate of drug-likeness (QED) is 0.0693. The third-order valence-corrected chi connectivity index (χ3v) is 25.5. The Kier molecular flexibility index (Phi) is 22.4. The van der Waals surface area contributed by atoms with Gasteiger partial charge in [-0.2, -0.15) is 0 Å².